The Hall–Kier alpha value is -1.41. The van der Waals surface area contributed by atoms with Gasteiger partial charge in [0.05, 0.1) is 12.1 Å². The Labute approximate surface area is 133 Å². The molecule has 118 valence electrons. The number of aryl methyl sites for hydroxylation is 2. The number of nitrogens with zero attached hydrogens (tertiary/aromatic N) is 1. The first-order valence-corrected chi connectivity index (χ1v) is 8.71. The maximum Gasteiger partial charge on any atom is 0.0708 e. The summed E-state index contributed by atoms with van der Waals surface area (Å²) in [6, 6.07) is 9.17. The molecule has 4 rings (SSSR count). The number of benzene rings is 1. The van der Waals surface area contributed by atoms with Gasteiger partial charge in [-0.1, -0.05) is 26.8 Å². The van der Waals surface area contributed by atoms with Gasteiger partial charge in [0, 0.05) is 23.1 Å². The van der Waals surface area contributed by atoms with E-state index in [0.717, 1.165) is 36.8 Å². The third kappa shape index (κ3) is 2.44. The van der Waals surface area contributed by atoms with Crippen LogP contribution >= 0.6 is 0 Å². The second-order valence-corrected chi connectivity index (χ2v) is 6.39. The van der Waals surface area contributed by atoms with Crippen LogP contribution < -0.4 is 0 Å². The Kier molecular flexibility index (Phi) is 4.22. The number of rotatable bonds is 2. The summed E-state index contributed by atoms with van der Waals surface area (Å²) in [6.45, 7) is 10.2. The third-order valence-electron chi connectivity index (χ3n) is 5.22. The van der Waals surface area contributed by atoms with E-state index in [1.807, 2.05) is 13.8 Å². The molecule has 1 aliphatic heterocycles. The quantitative estimate of drug-likeness (QED) is 0.793. The van der Waals surface area contributed by atoms with E-state index in [4.69, 9.17) is 4.74 Å². The number of hydrogen-bond acceptors (Lipinski definition) is 2. The molecule has 0 spiro atoms. The number of aromatic nitrogens is 1. The average Bonchev–Trinajstić information content (AvgIpc) is 3.31. The number of ether oxygens (including phenoxy) is 1. The molecule has 0 N–H and O–H groups in total. The van der Waals surface area contributed by atoms with Gasteiger partial charge in [0.25, 0.3) is 0 Å². The molecule has 0 bridgehead atoms. The number of fused-ring (bicyclic) bond motifs is 2. The lowest BCUT2D eigenvalue weighted by atomic mass is 9.87. The molecule has 1 aromatic carbocycles. The van der Waals surface area contributed by atoms with Crippen molar-refractivity contribution in [2.45, 2.75) is 52.4 Å². The first-order valence-electron chi connectivity index (χ1n) is 8.71. The maximum absolute atomic E-state index is 5.61. The Bertz CT molecular complexity index is 679. The van der Waals surface area contributed by atoms with E-state index in [1.165, 1.54) is 29.4 Å². The maximum atomic E-state index is 5.61. The summed E-state index contributed by atoms with van der Waals surface area (Å²) in [7, 11) is 0. The van der Waals surface area contributed by atoms with Crippen LogP contribution in [0.5, 0.6) is 0 Å². The smallest absolute Gasteiger partial charge is 0.0708 e. The summed E-state index contributed by atoms with van der Waals surface area (Å²) in [6.07, 6.45) is 3.56. The van der Waals surface area contributed by atoms with E-state index in [0.29, 0.717) is 5.41 Å². The highest BCUT2D eigenvalue weighted by Gasteiger charge is 2.56. The Morgan fingerprint density at radius 3 is 2.82 bits per heavy atom. The van der Waals surface area contributed by atoms with Gasteiger partial charge in [-0.05, 0) is 61.4 Å². The fraction of sp³-hybridized carbons (Fsp3) is 0.550. The van der Waals surface area contributed by atoms with Crippen molar-refractivity contribution in [3.63, 3.8) is 0 Å². The fourth-order valence-corrected chi connectivity index (χ4v) is 3.93. The molecule has 0 radical (unpaired) electrons. The molecule has 0 amide bonds. The van der Waals surface area contributed by atoms with Crippen LogP contribution in [0.25, 0.3) is 10.9 Å². The summed E-state index contributed by atoms with van der Waals surface area (Å²) < 4.78 is 5.61. The Morgan fingerprint density at radius 2 is 2.09 bits per heavy atom. The zero-order valence-electron chi connectivity index (χ0n) is 14.3. The highest BCUT2D eigenvalue weighted by atomic mass is 16.5. The molecule has 2 nitrogen and oxygen atoms in total. The van der Waals surface area contributed by atoms with E-state index in [2.05, 4.69) is 43.1 Å². The highest BCUT2D eigenvalue weighted by Crippen LogP contribution is 2.59. The van der Waals surface area contributed by atoms with E-state index >= 15 is 0 Å². The second kappa shape index (κ2) is 6.00. The monoisotopic (exact) mass is 297 g/mol. The van der Waals surface area contributed by atoms with Gasteiger partial charge >= 0.3 is 0 Å². The first kappa shape index (κ1) is 15.5. The summed E-state index contributed by atoms with van der Waals surface area (Å²) in [5.41, 5.74) is 5.62. The van der Waals surface area contributed by atoms with Crippen LogP contribution in [-0.4, -0.2) is 18.2 Å². The van der Waals surface area contributed by atoms with Crippen LogP contribution in [0.15, 0.2) is 24.3 Å². The standard InChI is InChI=1S/C18H21NO.C2H6/c1-3-13-8-12(2)19-17-5-4-14(9-16(13)17)18-6-7-20-11-15(18)10-18;1-2/h4-5,8-9,15H,3,6-7,10-11H2,1-2H3;1-2H3. The lowest BCUT2D eigenvalue weighted by Gasteiger charge is -2.23. The molecule has 1 aliphatic carbocycles. The molecule has 2 aromatic rings. The zero-order valence-corrected chi connectivity index (χ0v) is 14.3. The summed E-state index contributed by atoms with van der Waals surface area (Å²) in [4.78, 5) is 4.68. The van der Waals surface area contributed by atoms with Crippen molar-refractivity contribution in [2.75, 3.05) is 13.2 Å². The molecule has 2 aliphatic rings. The highest BCUT2D eigenvalue weighted by molar-refractivity contribution is 5.83. The molecule has 2 fully saturated rings. The first-order chi connectivity index (χ1) is 10.7. The minimum Gasteiger partial charge on any atom is -0.381 e. The van der Waals surface area contributed by atoms with E-state index < -0.39 is 0 Å². The van der Waals surface area contributed by atoms with Crippen LogP contribution in [0.1, 0.15) is 50.4 Å². The molecule has 1 saturated heterocycles. The van der Waals surface area contributed by atoms with Crippen LogP contribution in [0.3, 0.4) is 0 Å². The largest absolute Gasteiger partial charge is 0.381 e. The van der Waals surface area contributed by atoms with Gasteiger partial charge in [0.1, 0.15) is 0 Å². The van der Waals surface area contributed by atoms with Crippen molar-refractivity contribution < 1.29 is 4.74 Å². The van der Waals surface area contributed by atoms with Crippen molar-refractivity contribution in [3.05, 3.63) is 41.1 Å². The van der Waals surface area contributed by atoms with E-state index in [9.17, 15) is 0 Å². The molecule has 2 heteroatoms. The molecular formula is C20H27NO. The van der Waals surface area contributed by atoms with E-state index in [-0.39, 0.29) is 0 Å². The molecule has 2 unspecified atom stereocenters. The summed E-state index contributed by atoms with van der Waals surface area (Å²) in [5.74, 6) is 0.747. The van der Waals surface area contributed by atoms with Gasteiger partial charge in [-0.2, -0.15) is 0 Å². The van der Waals surface area contributed by atoms with Crippen molar-refractivity contribution in [1.82, 2.24) is 4.98 Å². The van der Waals surface area contributed by atoms with Crippen LogP contribution in [0.2, 0.25) is 0 Å². The summed E-state index contributed by atoms with van der Waals surface area (Å²) in [5, 5.41) is 1.35. The SMILES string of the molecule is CC.CCc1cc(C)nc2ccc(C34CCOCC3C4)cc12. The van der Waals surface area contributed by atoms with Gasteiger partial charge in [0.2, 0.25) is 0 Å². The zero-order chi connectivity index (χ0) is 15.7. The molecule has 1 saturated carbocycles. The van der Waals surface area contributed by atoms with Crippen LogP contribution in [-0.2, 0) is 16.6 Å². The molecular weight excluding hydrogens is 270 g/mol. The second-order valence-electron chi connectivity index (χ2n) is 6.39. The van der Waals surface area contributed by atoms with Crippen molar-refractivity contribution in [2.24, 2.45) is 5.92 Å². The van der Waals surface area contributed by atoms with Crippen molar-refractivity contribution >= 4 is 10.9 Å². The van der Waals surface area contributed by atoms with Gasteiger partial charge in [-0.25, -0.2) is 0 Å². The topological polar surface area (TPSA) is 22.1 Å². The van der Waals surface area contributed by atoms with Gasteiger partial charge in [0.15, 0.2) is 0 Å². The lowest BCUT2D eigenvalue weighted by molar-refractivity contribution is 0.0803. The third-order valence-corrected chi connectivity index (χ3v) is 5.22. The molecule has 2 atom stereocenters. The van der Waals surface area contributed by atoms with Crippen LogP contribution in [0, 0.1) is 12.8 Å². The minimum atomic E-state index is 0.419. The molecule has 22 heavy (non-hydrogen) atoms. The predicted molar refractivity (Wildman–Crippen MR) is 92.4 cm³/mol. The average molecular weight is 297 g/mol. The Morgan fingerprint density at radius 1 is 1.27 bits per heavy atom. The Balaban J connectivity index is 0.000000693. The predicted octanol–water partition coefficient (Wildman–Crippen LogP) is 4.81. The molecule has 2 heterocycles. The van der Waals surface area contributed by atoms with Crippen molar-refractivity contribution in [3.8, 4) is 0 Å². The minimum absolute atomic E-state index is 0.419. The van der Waals surface area contributed by atoms with Gasteiger partial charge in [-0.15, -0.1) is 0 Å². The van der Waals surface area contributed by atoms with Gasteiger partial charge < -0.3 is 4.74 Å². The molecule has 1 aromatic heterocycles. The normalized spacial score (nSPS) is 26.1. The van der Waals surface area contributed by atoms with Crippen LogP contribution in [0.4, 0.5) is 0 Å². The summed E-state index contributed by atoms with van der Waals surface area (Å²) >= 11 is 0. The van der Waals surface area contributed by atoms with Gasteiger partial charge in [-0.3, -0.25) is 4.98 Å². The fourth-order valence-electron chi connectivity index (χ4n) is 3.93. The lowest BCUT2D eigenvalue weighted by Crippen LogP contribution is -2.21. The van der Waals surface area contributed by atoms with Crippen molar-refractivity contribution in [1.29, 1.82) is 0 Å². The number of pyridine rings is 1. The van der Waals surface area contributed by atoms with E-state index in [1.54, 1.807) is 0 Å². The number of hydrogen-bond donors (Lipinski definition) is 0.